The zero-order valence-corrected chi connectivity index (χ0v) is 18.3. The predicted octanol–water partition coefficient (Wildman–Crippen LogP) is 4.74. The molecule has 2 aromatic rings. The van der Waals surface area contributed by atoms with E-state index in [9.17, 15) is 9.00 Å². The fourth-order valence-electron chi connectivity index (χ4n) is 2.77. The van der Waals surface area contributed by atoms with Gasteiger partial charge in [0.2, 0.25) is 4.33 Å². The Kier molecular flexibility index (Phi) is 8.96. The third-order valence-electron chi connectivity index (χ3n) is 4.43. The van der Waals surface area contributed by atoms with Crippen molar-refractivity contribution in [3.8, 4) is 0 Å². The van der Waals surface area contributed by atoms with Crippen LogP contribution < -0.4 is 4.72 Å². The van der Waals surface area contributed by atoms with Crippen molar-refractivity contribution in [1.82, 2.24) is 4.72 Å². The molecule has 2 aromatic carbocycles. The first kappa shape index (κ1) is 22.9. The molecule has 0 unspecified atom stereocenters. The van der Waals surface area contributed by atoms with Crippen LogP contribution in [0.1, 0.15) is 30.4 Å². The van der Waals surface area contributed by atoms with E-state index in [2.05, 4.69) is 16.9 Å². The number of aryl methyl sites for hydroxylation is 2. The van der Waals surface area contributed by atoms with E-state index in [1.807, 2.05) is 37.3 Å². The van der Waals surface area contributed by atoms with Gasteiger partial charge in [0, 0.05) is 0 Å². The predicted molar refractivity (Wildman–Crippen MR) is 115 cm³/mol. The van der Waals surface area contributed by atoms with Gasteiger partial charge < -0.3 is 4.74 Å². The zero-order chi connectivity index (χ0) is 20.6. The fraction of sp³-hybridized carbons (Fsp3) is 0.381. The van der Waals surface area contributed by atoms with Crippen molar-refractivity contribution in [3.05, 3.63) is 65.7 Å². The van der Waals surface area contributed by atoms with Crippen LogP contribution in [0.2, 0.25) is 0 Å². The van der Waals surface area contributed by atoms with Crippen LogP contribution in [0.25, 0.3) is 0 Å². The van der Waals surface area contributed by atoms with Crippen molar-refractivity contribution in [2.45, 2.75) is 47.9 Å². The third kappa shape index (κ3) is 6.59. The summed E-state index contributed by atoms with van der Waals surface area (Å²) in [6.45, 7) is 1.95. The molecule has 0 spiro atoms. The first-order chi connectivity index (χ1) is 13.3. The number of rotatable bonds is 10. The largest absolute Gasteiger partial charge is 0.467 e. The lowest BCUT2D eigenvalue weighted by atomic mass is 10.0. The molecule has 0 bridgehead atoms. The van der Waals surface area contributed by atoms with E-state index in [1.54, 1.807) is 12.1 Å². The minimum Gasteiger partial charge on any atom is -0.467 e. The molecule has 0 fully saturated rings. The summed E-state index contributed by atoms with van der Waals surface area (Å²) < 4.78 is 18.5. The maximum Gasteiger partial charge on any atom is 0.344 e. The van der Waals surface area contributed by atoms with Crippen LogP contribution in [0.4, 0.5) is 0 Å². The number of ether oxygens (including phenoxy) is 1. The number of carbonyl (C=O) groups excluding carboxylic acids is 1. The minimum absolute atomic E-state index is 0.479. The lowest BCUT2D eigenvalue weighted by Gasteiger charge is -2.28. The summed E-state index contributed by atoms with van der Waals surface area (Å²) in [6.07, 6.45) is 3.04. The summed E-state index contributed by atoms with van der Waals surface area (Å²) in [5.41, 5.74) is 2.31. The van der Waals surface area contributed by atoms with Crippen molar-refractivity contribution in [3.63, 3.8) is 0 Å². The summed E-state index contributed by atoms with van der Waals surface area (Å²) in [7, 11) is -0.327. The highest BCUT2D eigenvalue weighted by Crippen LogP contribution is 2.31. The van der Waals surface area contributed by atoms with Crippen LogP contribution in [0.5, 0.6) is 0 Å². The van der Waals surface area contributed by atoms with Crippen molar-refractivity contribution in [1.29, 1.82) is 0 Å². The van der Waals surface area contributed by atoms with Crippen LogP contribution >= 0.6 is 23.2 Å². The number of nitrogens with one attached hydrogen (secondary N) is 1. The number of hydrogen-bond donors (Lipinski definition) is 1. The molecule has 152 valence electrons. The fourth-order valence-corrected chi connectivity index (χ4v) is 4.46. The Bertz CT molecular complexity index is 782. The second-order valence-corrected chi connectivity index (χ2v) is 9.23. The molecule has 0 aromatic heterocycles. The molecule has 28 heavy (non-hydrogen) atoms. The van der Waals surface area contributed by atoms with E-state index < -0.39 is 27.3 Å². The van der Waals surface area contributed by atoms with Crippen molar-refractivity contribution < 1.29 is 13.7 Å². The van der Waals surface area contributed by atoms with Gasteiger partial charge in [0.05, 0.1) is 18.0 Å². The van der Waals surface area contributed by atoms with Gasteiger partial charge in [-0.15, -0.1) is 0 Å². The van der Waals surface area contributed by atoms with Gasteiger partial charge in [-0.25, -0.2) is 13.7 Å². The average Bonchev–Trinajstić information content (AvgIpc) is 2.70. The van der Waals surface area contributed by atoms with Gasteiger partial charge in [-0.1, -0.05) is 77.7 Å². The molecular weight excluding hydrogens is 417 g/mol. The summed E-state index contributed by atoms with van der Waals surface area (Å²) in [5, 5.41) is 0. The summed E-state index contributed by atoms with van der Waals surface area (Å²) in [6, 6.07) is 16.7. The first-order valence-corrected chi connectivity index (χ1v) is 11.0. The maximum atomic E-state index is 12.7. The molecule has 0 amide bonds. The van der Waals surface area contributed by atoms with E-state index in [0.29, 0.717) is 11.3 Å². The molecule has 0 aliphatic rings. The maximum absolute atomic E-state index is 12.7. The Balaban J connectivity index is 2.03. The molecule has 4 nitrogen and oxygen atoms in total. The van der Waals surface area contributed by atoms with Crippen LogP contribution in [0.3, 0.4) is 0 Å². The highest BCUT2D eigenvalue weighted by molar-refractivity contribution is 7.83. The molecular formula is C21H25Cl2NO3S. The van der Waals surface area contributed by atoms with E-state index in [0.717, 1.165) is 24.8 Å². The standard InChI is InChI=1S/C21H25Cl2NO3S/c1-16-12-14-18(15-13-16)28(26)24-19(21(22,23)20(25)27-2)11-7-6-10-17-8-4-3-5-9-17/h3-5,8-9,12-15,19,24H,6-7,10-11H2,1-2H3/t19-,28-/m0/s1. The number of alkyl halides is 2. The average molecular weight is 442 g/mol. The SMILES string of the molecule is COC(=O)C(Cl)(Cl)[C@H](CCCCc1ccccc1)N[S@@](=O)c1ccc(C)cc1. The Morgan fingerprint density at radius 3 is 2.36 bits per heavy atom. The Morgan fingerprint density at radius 2 is 1.75 bits per heavy atom. The van der Waals surface area contributed by atoms with Crippen LogP contribution in [0.15, 0.2) is 59.5 Å². The number of benzene rings is 2. The number of unbranched alkanes of at least 4 members (excludes halogenated alkanes) is 1. The van der Waals surface area contributed by atoms with Gasteiger partial charge >= 0.3 is 5.97 Å². The molecule has 0 heterocycles. The van der Waals surface area contributed by atoms with Crippen molar-refractivity contribution in [2.75, 3.05) is 7.11 Å². The minimum atomic E-state index is -1.83. The van der Waals surface area contributed by atoms with Gasteiger partial charge in [-0.3, -0.25) is 0 Å². The number of carbonyl (C=O) groups is 1. The van der Waals surface area contributed by atoms with E-state index in [-0.39, 0.29) is 0 Å². The zero-order valence-electron chi connectivity index (χ0n) is 16.0. The number of esters is 1. The number of halogens is 2. The molecule has 0 saturated carbocycles. The summed E-state index contributed by atoms with van der Waals surface area (Å²) >= 11 is 12.6. The Labute approximate surface area is 179 Å². The van der Waals surface area contributed by atoms with Gasteiger partial charge in [0.15, 0.2) is 0 Å². The molecule has 0 aliphatic carbocycles. The van der Waals surface area contributed by atoms with E-state index in [4.69, 9.17) is 27.9 Å². The van der Waals surface area contributed by atoms with Crippen LogP contribution in [0, 0.1) is 6.92 Å². The van der Waals surface area contributed by atoms with Gasteiger partial charge in [-0.2, -0.15) is 0 Å². The highest BCUT2D eigenvalue weighted by atomic mass is 35.5. The molecule has 0 aliphatic heterocycles. The topological polar surface area (TPSA) is 55.4 Å². The summed E-state index contributed by atoms with van der Waals surface area (Å²) in [5.74, 6) is -0.766. The Morgan fingerprint density at radius 1 is 1.11 bits per heavy atom. The molecule has 7 heteroatoms. The second-order valence-electron chi connectivity index (χ2n) is 6.60. The molecule has 2 atom stereocenters. The van der Waals surface area contributed by atoms with Crippen LogP contribution in [-0.2, 0) is 26.9 Å². The first-order valence-electron chi connectivity index (χ1n) is 9.09. The Hall–Kier alpha value is -1.40. The van der Waals surface area contributed by atoms with Gasteiger partial charge in [-0.05, 0) is 43.9 Å². The van der Waals surface area contributed by atoms with Gasteiger partial charge in [0.1, 0.15) is 11.0 Å². The van der Waals surface area contributed by atoms with E-state index in [1.165, 1.54) is 12.7 Å². The normalized spacial score (nSPS) is 13.7. The lowest BCUT2D eigenvalue weighted by molar-refractivity contribution is -0.142. The van der Waals surface area contributed by atoms with Gasteiger partial charge in [0.25, 0.3) is 0 Å². The smallest absolute Gasteiger partial charge is 0.344 e. The summed E-state index contributed by atoms with van der Waals surface area (Å²) in [4.78, 5) is 12.7. The van der Waals surface area contributed by atoms with Crippen molar-refractivity contribution >= 4 is 40.2 Å². The monoisotopic (exact) mass is 441 g/mol. The quantitative estimate of drug-likeness (QED) is 0.329. The van der Waals surface area contributed by atoms with Crippen LogP contribution in [-0.4, -0.2) is 27.7 Å². The number of methoxy groups -OCH3 is 1. The molecule has 0 saturated heterocycles. The van der Waals surface area contributed by atoms with Crippen molar-refractivity contribution in [2.24, 2.45) is 0 Å². The third-order valence-corrected chi connectivity index (χ3v) is 6.46. The number of hydrogen-bond acceptors (Lipinski definition) is 3. The lowest BCUT2D eigenvalue weighted by Crippen LogP contribution is -2.49. The van der Waals surface area contributed by atoms with E-state index >= 15 is 0 Å². The molecule has 2 rings (SSSR count). The molecule has 1 N–H and O–H groups in total. The highest BCUT2D eigenvalue weighted by Gasteiger charge is 2.44. The molecule has 0 radical (unpaired) electrons. The second kappa shape index (κ2) is 11.0.